The number of alkyl halides is 3. The predicted molar refractivity (Wildman–Crippen MR) is 156 cm³/mol. The van der Waals surface area contributed by atoms with Gasteiger partial charge in [0, 0.05) is 21.5 Å². The number of hydrogen-bond acceptors (Lipinski definition) is 7. The number of amides is 3. The first-order valence-corrected chi connectivity index (χ1v) is 14.8. The Bertz CT molecular complexity index is 1820. The molecule has 2 N–H and O–H groups in total. The van der Waals surface area contributed by atoms with Gasteiger partial charge in [-0.3, -0.25) is 23.7 Å². The number of anilines is 2. The summed E-state index contributed by atoms with van der Waals surface area (Å²) < 4.78 is 40.6. The Labute approximate surface area is 254 Å². The summed E-state index contributed by atoms with van der Waals surface area (Å²) in [4.78, 5) is 54.8. The van der Waals surface area contributed by atoms with Gasteiger partial charge in [0.15, 0.2) is 0 Å². The summed E-state index contributed by atoms with van der Waals surface area (Å²) in [6.07, 6.45) is -4.61. The summed E-state index contributed by atoms with van der Waals surface area (Å²) in [6.45, 7) is -0.531. The minimum Gasteiger partial charge on any atom is -0.508 e. The molecule has 2 aliphatic heterocycles. The van der Waals surface area contributed by atoms with Crippen LogP contribution in [-0.4, -0.2) is 32.6 Å². The molecule has 8 nitrogen and oxygen atoms in total. The van der Waals surface area contributed by atoms with Gasteiger partial charge in [-0.25, -0.2) is 4.90 Å². The molecule has 0 aliphatic carbocycles. The zero-order chi connectivity index (χ0) is 30.6. The van der Waals surface area contributed by atoms with E-state index in [1.807, 2.05) is 0 Å². The van der Waals surface area contributed by atoms with Crippen LogP contribution in [0.2, 0.25) is 5.02 Å². The van der Waals surface area contributed by atoms with Crippen LogP contribution in [0.15, 0.2) is 82.6 Å². The Morgan fingerprint density at radius 2 is 1.67 bits per heavy atom. The van der Waals surface area contributed by atoms with Crippen LogP contribution in [0.4, 0.5) is 24.5 Å². The van der Waals surface area contributed by atoms with Crippen molar-refractivity contribution in [1.29, 1.82) is 0 Å². The van der Waals surface area contributed by atoms with Crippen molar-refractivity contribution in [3.8, 4) is 5.75 Å². The summed E-state index contributed by atoms with van der Waals surface area (Å²) in [7, 11) is 0. The molecule has 4 aromatic rings. The Balaban J connectivity index is 1.37. The van der Waals surface area contributed by atoms with E-state index >= 15 is 0 Å². The second kappa shape index (κ2) is 10.9. The average Bonchev–Trinajstić information content (AvgIpc) is 3.40. The summed E-state index contributed by atoms with van der Waals surface area (Å²) in [6, 6.07) is 16.4. The van der Waals surface area contributed by atoms with Gasteiger partial charge in [0.1, 0.15) is 17.5 Å². The fourth-order valence-electron chi connectivity index (χ4n) is 5.26. The van der Waals surface area contributed by atoms with E-state index in [-0.39, 0.29) is 11.4 Å². The molecule has 0 unspecified atom stereocenters. The summed E-state index contributed by atoms with van der Waals surface area (Å²) in [5.41, 5.74) is -0.124. The molecule has 43 heavy (non-hydrogen) atoms. The first-order chi connectivity index (χ1) is 20.4. The molecule has 220 valence electrons. The van der Waals surface area contributed by atoms with E-state index in [2.05, 4.69) is 5.32 Å². The molecule has 0 saturated carbocycles. The number of carbonyl (C=O) groups is 3. The van der Waals surface area contributed by atoms with Crippen molar-refractivity contribution < 1.29 is 32.7 Å². The standard InChI is InChI=1S/C29H19ClF3N3O5S2/c30-16-6-8-18(9-7-16)36-25(39)22-21(14-4-10-19(37)11-5-14)24-27(42-23(22)26(36)40)35(28(41)43-24)13-20(38)34-17-3-1-2-15(12-17)29(31,32)33/h1-12,21-23,37H,13H2,(H,34,38)/t21-,22+,23-/m0/s1. The maximum Gasteiger partial charge on any atom is 0.416 e. The van der Waals surface area contributed by atoms with E-state index in [4.69, 9.17) is 11.6 Å². The van der Waals surface area contributed by atoms with Gasteiger partial charge in [0.05, 0.1) is 22.2 Å². The number of nitrogens with zero attached hydrogens (tertiary/aromatic N) is 2. The smallest absolute Gasteiger partial charge is 0.416 e. The monoisotopic (exact) mass is 645 g/mol. The molecular weight excluding hydrogens is 627 g/mol. The van der Waals surface area contributed by atoms with E-state index in [9.17, 15) is 37.5 Å². The lowest BCUT2D eigenvalue weighted by molar-refractivity contribution is -0.137. The number of fused-ring (bicyclic) bond motifs is 2. The SMILES string of the molecule is O=C(Cn1c2c(sc1=O)[C@@H](c1ccc(O)cc1)[C@H]1C(=O)N(c3ccc(Cl)cc3)C(=O)[C@H]1S2)Nc1cccc(C(F)(F)F)c1. The fourth-order valence-corrected chi connectivity index (χ4v) is 8.16. The molecule has 0 radical (unpaired) electrons. The number of thioether (sulfide) groups is 1. The highest BCUT2D eigenvalue weighted by Gasteiger charge is 2.56. The predicted octanol–water partition coefficient (Wildman–Crippen LogP) is 5.72. The van der Waals surface area contributed by atoms with Crippen LogP contribution in [-0.2, 0) is 27.1 Å². The summed E-state index contributed by atoms with van der Waals surface area (Å²) >= 11 is 7.83. The van der Waals surface area contributed by atoms with Gasteiger partial charge in [-0.15, -0.1) is 0 Å². The van der Waals surface area contributed by atoms with E-state index in [0.29, 0.717) is 26.2 Å². The maximum atomic E-state index is 13.9. The highest BCUT2D eigenvalue weighted by atomic mass is 35.5. The van der Waals surface area contributed by atoms with Gasteiger partial charge < -0.3 is 10.4 Å². The molecule has 1 saturated heterocycles. The number of benzene rings is 3. The molecule has 0 spiro atoms. The van der Waals surface area contributed by atoms with E-state index in [0.717, 1.165) is 46.2 Å². The van der Waals surface area contributed by atoms with Crippen LogP contribution in [0.1, 0.15) is 21.9 Å². The lowest BCUT2D eigenvalue weighted by Gasteiger charge is -2.30. The third-order valence-electron chi connectivity index (χ3n) is 7.16. The number of imide groups is 1. The molecule has 2 aliphatic rings. The number of nitrogens with one attached hydrogen (secondary N) is 1. The number of halogens is 4. The number of phenolic OH excluding ortho intramolecular Hbond substituents is 1. The second-order valence-electron chi connectivity index (χ2n) is 9.87. The third kappa shape index (κ3) is 5.32. The number of phenols is 1. The lowest BCUT2D eigenvalue weighted by Crippen LogP contribution is -2.33. The van der Waals surface area contributed by atoms with Gasteiger partial charge in [-0.2, -0.15) is 13.2 Å². The average molecular weight is 646 g/mol. The van der Waals surface area contributed by atoms with Crippen molar-refractivity contribution in [1.82, 2.24) is 4.57 Å². The van der Waals surface area contributed by atoms with Crippen molar-refractivity contribution in [2.75, 3.05) is 10.2 Å². The van der Waals surface area contributed by atoms with Crippen molar-refractivity contribution in [3.05, 3.63) is 103 Å². The molecule has 14 heteroatoms. The first kappa shape index (κ1) is 29.0. The van der Waals surface area contributed by atoms with Crippen molar-refractivity contribution in [2.45, 2.75) is 28.9 Å². The fraction of sp³-hybridized carbons (Fsp3) is 0.172. The van der Waals surface area contributed by atoms with E-state index < -0.39 is 58.0 Å². The quantitative estimate of drug-likeness (QED) is 0.269. The van der Waals surface area contributed by atoms with Gasteiger partial charge in [0.25, 0.3) is 0 Å². The van der Waals surface area contributed by atoms with E-state index in [1.54, 1.807) is 36.4 Å². The number of aromatic nitrogens is 1. The highest BCUT2D eigenvalue weighted by Crippen LogP contribution is 2.54. The van der Waals surface area contributed by atoms with Crippen LogP contribution in [0.25, 0.3) is 0 Å². The molecule has 3 aromatic carbocycles. The highest BCUT2D eigenvalue weighted by molar-refractivity contribution is 8.00. The van der Waals surface area contributed by atoms with E-state index in [1.165, 1.54) is 22.8 Å². The topological polar surface area (TPSA) is 109 Å². The van der Waals surface area contributed by atoms with Gasteiger partial charge in [-0.05, 0) is 60.2 Å². The van der Waals surface area contributed by atoms with Crippen LogP contribution < -0.4 is 15.1 Å². The molecule has 3 amide bonds. The Morgan fingerprint density at radius 3 is 2.35 bits per heavy atom. The van der Waals surface area contributed by atoms with Crippen molar-refractivity contribution in [2.24, 2.45) is 5.92 Å². The number of thiazole rings is 1. The van der Waals surface area contributed by atoms with Crippen LogP contribution in [0.5, 0.6) is 5.75 Å². The van der Waals surface area contributed by atoms with Gasteiger partial charge in [0.2, 0.25) is 17.7 Å². The number of rotatable bonds is 5. The Kier molecular flexibility index (Phi) is 7.35. The zero-order valence-electron chi connectivity index (χ0n) is 21.7. The minimum atomic E-state index is -4.61. The first-order valence-electron chi connectivity index (χ1n) is 12.7. The van der Waals surface area contributed by atoms with Gasteiger partial charge in [-0.1, -0.05) is 52.9 Å². The molecule has 3 heterocycles. The molecule has 6 rings (SSSR count). The maximum absolute atomic E-state index is 13.9. The Hall–Kier alpha value is -4.07. The normalized spacial score (nSPS) is 19.7. The third-order valence-corrected chi connectivity index (χ3v) is 10.0. The second-order valence-corrected chi connectivity index (χ2v) is 12.4. The van der Waals surface area contributed by atoms with Gasteiger partial charge >= 0.3 is 11.0 Å². The summed E-state index contributed by atoms with van der Waals surface area (Å²) in [5, 5.41) is 12.1. The largest absolute Gasteiger partial charge is 0.508 e. The molecule has 3 atom stereocenters. The van der Waals surface area contributed by atoms with Crippen LogP contribution in [0, 0.1) is 5.92 Å². The molecular formula is C29H19ClF3N3O5S2. The zero-order valence-corrected chi connectivity index (χ0v) is 24.1. The number of carbonyl (C=O) groups excluding carboxylic acids is 3. The lowest BCUT2D eigenvalue weighted by atomic mass is 9.83. The van der Waals surface area contributed by atoms with Crippen LogP contribution >= 0.6 is 34.7 Å². The molecule has 1 fully saturated rings. The molecule has 1 aromatic heterocycles. The number of aromatic hydroxyl groups is 1. The summed E-state index contributed by atoms with van der Waals surface area (Å²) in [5.74, 6) is -3.38. The Morgan fingerprint density at radius 1 is 0.977 bits per heavy atom. The van der Waals surface area contributed by atoms with Crippen LogP contribution in [0.3, 0.4) is 0 Å². The number of hydrogen-bond donors (Lipinski definition) is 2. The van der Waals surface area contributed by atoms with Crippen molar-refractivity contribution in [3.63, 3.8) is 0 Å². The minimum absolute atomic E-state index is 0.0145. The van der Waals surface area contributed by atoms with Crippen molar-refractivity contribution >= 4 is 63.8 Å². The molecule has 0 bridgehead atoms.